The zero-order valence-corrected chi connectivity index (χ0v) is 6.25. The Balaban J connectivity index is 3.04. The number of nitrogens with zero attached hydrogens (tertiary/aromatic N) is 1. The third kappa shape index (κ3) is 2.56. The third-order valence-electron chi connectivity index (χ3n) is 1.16. The van der Waals surface area contributed by atoms with Crippen LogP contribution in [0.25, 0.3) is 0 Å². The lowest BCUT2D eigenvalue weighted by Gasteiger charge is -2.02. The van der Waals surface area contributed by atoms with E-state index in [2.05, 4.69) is 9.72 Å². The van der Waals surface area contributed by atoms with E-state index in [4.69, 9.17) is 5.26 Å². The predicted octanol–water partition coefficient (Wildman–Crippen LogP) is 0.848. The number of rotatable bonds is 2. The molecule has 0 aliphatic carbocycles. The Morgan fingerprint density at radius 3 is 2.77 bits per heavy atom. The van der Waals surface area contributed by atoms with E-state index >= 15 is 0 Å². The highest BCUT2D eigenvalue weighted by atomic mass is 19.3. The van der Waals surface area contributed by atoms with Crippen LogP contribution in [0.2, 0.25) is 0 Å². The molecular weight excluding hydrogens is 182 g/mol. The molecule has 0 amide bonds. The van der Waals surface area contributed by atoms with Crippen LogP contribution in [0.15, 0.2) is 16.9 Å². The Morgan fingerprint density at radius 2 is 2.23 bits per heavy atom. The number of halogens is 2. The molecule has 0 spiro atoms. The molecule has 1 aromatic heterocycles. The van der Waals surface area contributed by atoms with E-state index in [1.807, 2.05) is 0 Å². The first-order valence-electron chi connectivity index (χ1n) is 3.21. The highest BCUT2D eigenvalue weighted by molar-refractivity contribution is 5.29. The van der Waals surface area contributed by atoms with E-state index in [9.17, 15) is 13.6 Å². The lowest BCUT2D eigenvalue weighted by Crippen LogP contribution is -2.09. The Morgan fingerprint density at radius 1 is 1.54 bits per heavy atom. The van der Waals surface area contributed by atoms with Gasteiger partial charge in [-0.15, -0.1) is 0 Å². The molecule has 0 aliphatic rings. The lowest BCUT2D eigenvalue weighted by molar-refractivity contribution is -0.0499. The number of ether oxygens (including phenoxy) is 1. The molecule has 68 valence electrons. The number of alkyl halides is 2. The van der Waals surface area contributed by atoms with E-state index in [-0.39, 0.29) is 11.4 Å². The molecule has 0 atom stereocenters. The number of aromatic nitrogens is 1. The maximum Gasteiger partial charge on any atom is 0.387 e. The smallest absolute Gasteiger partial charge is 0.387 e. The highest BCUT2D eigenvalue weighted by Crippen LogP contribution is 2.11. The van der Waals surface area contributed by atoms with Crippen LogP contribution in [0, 0.1) is 11.3 Å². The molecule has 0 saturated heterocycles. The summed E-state index contributed by atoms with van der Waals surface area (Å²) in [5, 5.41) is 8.36. The molecule has 6 heteroatoms. The second-order valence-electron chi connectivity index (χ2n) is 2.08. The molecule has 0 saturated carbocycles. The number of pyridine rings is 1. The van der Waals surface area contributed by atoms with Crippen molar-refractivity contribution < 1.29 is 13.5 Å². The maximum absolute atomic E-state index is 11.7. The fourth-order valence-corrected chi connectivity index (χ4v) is 0.749. The molecule has 0 unspecified atom stereocenters. The van der Waals surface area contributed by atoms with Crippen molar-refractivity contribution >= 4 is 0 Å². The van der Waals surface area contributed by atoms with E-state index in [1.54, 1.807) is 6.07 Å². The summed E-state index contributed by atoms with van der Waals surface area (Å²) in [6, 6.07) is 3.46. The average molecular weight is 186 g/mol. The molecular formula is C7H4F2N2O2. The summed E-state index contributed by atoms with van der Waals surface area (Å²) in [5.41, 5.74) is -0.780. The lowest BCUT2D eigenvalue weighted by atomic mass is 10.3. The van der Waals surface area contributed by atoms with Crippen LogP contribution in [-0.4, -0.2) is 11.6 Å². The average Bonchev–Trinajstić information content (AvgIpc) is 2.01. The molecule has 1 N–H and O–H groups in total. The molecule has 0 bridgehead atoms. The van der Waals surface area contributed by atoms with Crippen molar-refractivity contribution in [1.29, 1.82) is 5.26 Å². The van der Waals surface area contributed by atoms with E-state index in [1.165, 1.54) is 0 Å². The highest BCUT2D eigenvalue weighted by Gasteiger charge is 2.05. The monoisotopic (exact) mass is 186 g/mol. The second-order valence-corrected chi connectivity index (χ2v) is 2.08. The van der Waals surface area contributed by atoms with Crippen LogP contribution >= 0.6 is 0 Å². The van der Waals surface area contributed by atoms with Gasteiger partial charge in [0.05, 0.1) is 0 Å². The van der Waals surface area contributed by atoms with Gasteiger partial charge in [0.2, 0.25) is 0 Å². The number of nitrogens with one attached hydrogen (secondary N) is 1. The van der Waals surface area contributed by atoms with Crippen molar-refractivity contribution in [3.8, 4) is 11.8 Å². The fourth-order valence-electron chi connectivity index (χ4n) is 0.749. The summed E-state index contributed by atoms with van der Waals surface area (Å²) in [7, 11) is 0. The first-order chi connectivity index (χ1) is 6.11. The van der Waals surface area contributed by atoms with Gasteiger partial charge in [-0.1, -0.05) is 0 Å². The summed E-state index contributed by atoms with van der Waals surface area (Å²) in [4.78, 5) is 12.8. The zero-order chi connectivity index (χ0) is 9.84. The first-order valence-corrected chi connectivity index (χ1v) is 3.21. The topological polar surface area (TPSA) is 65.9 Å². The van der Waals surface area contributed by atoms with Gasteiger partial charge in [-0.3, -0.25) is 4.79 Å². The quantitative estimate of drug-likeness (QED) is 0.744. The van der Waals surface area contributed by atoms with Crippen molar-refractivity contribution in [2.75, 3.05) is 0 Å². The standard InChI is InChI=1S/C7H4F2N2O2/c8-7(9)13-5-1-4(3-10)11-6(12)2-5/h1-2,7H,(H,11,12). The van der Waals surface area contributed by atoms with Crippen LogP contribution in [0.1, 0.15) is 5.69 Å². The van der Waals surface area contributed by atoms with Crippen molar-refractivity contribution in [1.82, 2.24) is 4.98 Å². The molecule has 0 fully saturated rings. The molecule has 0 aliphatic heterocycles. The Bertz CT molecular complexity index is 394. The SMILES string of the molecule is N#Cc1cc(OC(F)F)cc(=O)[nH]1. The number of aromatic amines is 1. The largest absolute Gasteiger partial charge is 0.435 e. The molecule has 13 heavy (non-hydrogen) atoms. The van der Waals surface area contributed by atoms with Crippen LogP contribution < -0.4 is 10.3 Å². The summed E-state index contributed by atoms with van der Waals surface area (Å²) in [5.74, 6) is -0.324. The molecule has 1 heterocycles. The van der Waals surface area contributed by atoms with Crippen molar-refractivity contribution in [2.45, 2.75) is 6.61 Å². The summed E-state index contributed by atoms with van der Waals surface area (Å²) in [6.45, 7) is -3.01. The van der Waals surface area contributed by atoms with Crippen LogP contribution in [-0.2, 0) is 0 Å². The summed E-state index contributed by atoms with van der Waals surface area (Å²) < 4.78 is 27.3. The number of hydrogen-bond acceptors (Lipinski definition) is 3. The van der Waals surface area contributed by atoms with Gasteiger partial charge >= 0.3 is 6.61 Å². The van der Waals surface area contributed by atoms with Gasteiger partial charge in [-0.25, -0.2) is 0 Å². The van der Waals surface area contributed by atoms with Gasteiger partial charge in [0.25, 0.3) is 5.56 Å². The number of nitriles is 1. The van der Waals surface area contributed by atoms with Gasteiger partial charge < -0.3 is 9.72 Å². The summed E-state index contributed by atoms with van der Waals surface area (Å²) in [6.07, 6.45) is 0. The molecule has 0 radical (unpaired) electrons. The summed E-state index contributed by atoms with van der Waals surface area (Å²) >= 11 is 0. The van der Waals surface area contributed by atoms with Gasteiger partial charge in [0, 0.05) is 12.1 Å². The number of hydrogen-bond donors (Lipinski definition) is 1. The second kappa shape index (κ2) is 3.67. The van der Waals surface area contributed by atoms with Crippen molar-refractivity contribution in [3.05, 3.63) is 28.2 Å². The molecule has 1 rings (SSSR count). The van der Waals surface area contributed by atoms with Gasteiger partial charge in [0.1, 0.15) is 17.5 Å². The van der Waals surface area contributed by atoms with E-state index in [0.29, 0.717) is 0 Å². The first kappa shape index (κ1) is 9.19. The van der Waals surface area contributed by atoms with Crippen molar-refractivity contribution in [3.63, 3.8) is 0 Å². The van der Waals surface area contributed by atoms with Crippen LogP contribution in [0.4, 0.5) is 8.78 Å². The van der Waals surface area contributed by atoms with Crippen molar-refractivity contribution in [2.24, 2.45) is 0 Å². The zero-order valence-electron chi connectivity index (χ0n) is 6.25. The Labute approximate surface area is 71.4 Å². The van der Waals surface area contributed by atoms with E-state index < -0.39 is 12.2 Å². The van der Waals surface area contributed by atoms with Crippen LogP contribution in [0.5, 0.6) is 5.75 Å². The Hall–Kier alpha value is -1.90. The molecule has 1 aromatic rings. The van der Waals surface area contributed by atoms with Crippen LogP contribution in [0.3, 0.4) is 0 Å². The fraction of sp³-hybridized carbons (Fsp3) is 0.143. The predicted molar refractivity (Wildman–Crippen MR) is 38.4 cm³/mol. The normalized spacial score (nSPS) is 9.69. The van der Waals surface area contributed by atoms with E-state index in [0.717, 1.165) is 12.1 Å². The minimum atomic E-state index is -3.01. The maximum atomic E-state index is 11.7. The van der Waals surface area contributed by atoms with Gasteiger partial charge in [-0.05, 0) is 0 Å². The minimum absolute atomic E-state index is 0.122. The molecule has 4 nitrogen and oxygen atoms in total. The number of H-pyrrole nitrogens is 1. The molecule has 0 aromatic carbocycles. The Kier molecular flexibility index (Phi) is 2.59. The minimum Gasteiger partial charge on any atom is -0.435 e. The van der Waals surface area contributed by atoms with Gasteiger partial charge in [-0.2, -0.15) is 14.0 Å². The van der Waals surface area contributed by atoms with Gasteiger partial charge in [0.15, 0.2) is 0 Å². The third-order valence-corrected chi connectivity index (χ3v) is 1.16.